The van der Waals surface area contributed by atoms with E-state index in [1.807, 2.05) is 48.7 Å². The number of unbranched alkanes of at least 4 members (excludes halogenated alkanes) is 6. The highest BCUT2D eigenvalue weighted by molar-refractivity contribution is 5.91. The average Bonchev–Trinajstić information content (AvgIpc) is 3.60. The molecule has 0 saturated carbocycles. The SMILES string of the molecule is CCN(CCCCCCCCCN1CC[C@@H](C(C(N)=O)(c2ccccc2)c2ccccc2)C1)C1CCN(Cc2cnccc2OC)CC1. The summed E-state index contributed by atoms with van der Waals surface area (Å²) in [6.07, 6.45) is 16.4. The second-order valence-corrected chi connectivity index (χ2v) is 14.0. The van der Waals surface area contributed by atoms with Crippen LogP contribution >= 0.6 is 0 Å². The van der Waals surface area contributed by atoms with Crippen LogP contribution in [0.3, 0.4) is 0 Å². The van der Waals surface area contributed by atoms with E-state index in [4.69, 9.17) is 10.5 Å². The first kappa shape index (κ1) is 36.0. The molecule has 7 nitrogen and oxygen atoms in total. The van der Waals surface area contributed by atoms with Gasteiger partial charge in [0.05, 0.1) is 7.11 Å². The molecule has 2 aliphatic heterocycles. The van der Waals surface area contributed by atoms with Crippen molar-refractivity contribution >= 4 is 5.91 Å². The number of nitrogens with two attached hydrogens (primary N) is 1. The first-order valence-electron chi connectivity index (χ1n) is 18.6. The first-order chi connectivity index (χ1) is 23.6. The normalized spacial score (nSPS) is 18.0. The van der Waals surface area contributed by atoms with Crippen LogP contribution < -0.4 is 10.5 Å². The summed E-state index contributed by atoms with van der Waals surface area (Å²) in [5, 5.41) is 0. The monoisotopic (exact) mass is 653 g/mol. The van der Waals surface area contributed by atoms with E-state index in [9.17, 15) is 4.79 Å². The molecule has 2 N–H and O–H groups in total. The molecular formula is C41H59N5O2. The summed E-state index contributed by atoms with van der Waals surface area (Å²) < 4.78 is 5.53. The van der Waals surface area contributed by atoms with Crippen molar-refractivity contribution in [2.45, 2.75) is 89.1 Å². The van der Waals surface area contributed by atoms with Gasteiger partial charge in [-0.3, -0.25) is 14.7 Å². The van der Waals surface area contributed by atoms with Crippen molar-refractivity contribution in [2.24, 2.45) is 11.7 Å². The predicted octanol–water partition coefficient (Wildman–Crippen LogP) is 6.90. The van der Waals surface area contributed by atoms with E-state index in [1.54, 1.807) is 13.3 Å². The fourth-order valence-corrected chi connectivity index (χ4v) is 8.46. The maximum Gasteiger partial charge on any atom is 0.232 e. The number of likely N-dealkylation sites (tertiary alicyclic amines) is 2. The number of aromatic nitrogens is 1. The Kier molecular flexibility index (Phi) is 13.9. The summed E-state index contributed by atoms with van der Waals surface area (Å²) in [5.41, 5.74) is 8.70. The number of nitrogens with zero attached hydrogens (tertiary/aromatic N) is 4. The van der Waals surface area contributed by atoms with Gasteiger partial charge in [0.25, 0.3) is 0 Å². The van der Waals surface area contributed by atoms with Crippen LogP contribution in [0.15, 0.2) is 79.1 Å². The van der Waals surface area contributed by atoms with Crippen molar-refractivity contribution in [3.05, 3.63) is 95.8 Å². The zero-order chi connectivity index (χ0) is 33.6. The maximum absolute atomic E-state index is 13.3. The summed E-state index contributed by atoms with van der Waals surface area (Å²) in [7, 11) is 1.74. The van der Waals surface area contributed by atoms with E-state index < -0.39 is 5.41 Å². The second kappa shape index (κ2) is 18.5. The van der Waals surface area contributed by atoms with Crippen LogP contribution in [0.5, 0.6) is 5.75 Å². The third-order valence-electron chi connectivity index (χ3n) is 11.1. The minimum absolute atomic E-state index is 0.172. The first-order valence-corrected chi connectivity index (χ1v) is 18.6. The molecule has 2 aromatic carbocycles. The molecule has 0 aliphatic carbocycles. The molecular weight excluding hydrogens is 594 g/mol. The number of hydrogen-bond acceptors (Lipinski definition) is 6. The molecule has 7 heteroatoms. The molecule has 0 unspecified atom stereocenters. The Labute approximate surface area is 289 Å². The fourth-order valence-electron chi connectivity index (χ4n) is 8.46. The van der Waals surface area contributed by atoms with E-state index in [-0.39, 0.29) is 11.8 Å². The predicted molar refractivity (Wildman–Crippen MR) is 196 cm³/mol. The van der Waals surface area contributed by atoms with Crippen LogP contribution in [0, 0.1) is 5.92 Å². The highest BCUT2D eigenvalue weighted by Crippen LogP contribution is 2.43. The van der Waals surface area contributed by atoms with Gasteiger partial charge in [0.15, 0.2) is 0 Å². The van der Waals surface area contributed by atoms with Crippen molar-refractivity contribution in [3.8, 4) is 5.75 Å². The number of pyridine rings is 1. The fraction of sp³-hybridized carbons (Fsp3) is 0.561. The molecule has 48 heavy (non-hydrogen) atoms. The lowest BCUT2D eigenvalue weighted by Gasteiger charge is -2.38. The van der Waals surface area contributed by atoms with Gasteiger partial charge < -0.3 is 20.3 Å². The van der Waals surface area contributed by atoms with Gasteiger partial charge in [0, 0.05) is 37.1 Å². The second-order valence-electron chi connectivity index (χ2n) is 14.0. The molecule has 3 heterocycles. The quantitative estimate of drug-likeness (QED) is 0.142. The highest BCUT2D eigenvalue weighted by atomic mass is 16.5. The van der Waals surface area contributed by atoms with Gasteiger partial charge in [-0.1, -0.05) is 99.7 Å². The lowest BCUT2D eigenvalue weighted by atomic mass is 9.64. The number of ether oxygens (including phenoxy) is 1. The van der Waals surface area contributed by atoms with Crippen molar-refractivity contribution in [1.29, 1.82) is 0 Å². The summed E-state index contributed by atoms with van der Waals surface area (Å²) in [6, 6.07) is 23.1. The third kappa shape index (κ3) is 9.04. The molecule has 0 spiro atoms. The molecule has 2 aliphatic rings. The summed E-state index contributed by atoms with van der Waals surface area (Å²) in [4.78, 5) is 25.5. The van der Waals surface area contributed by atoms with Gasteiger partial charge >= 0.3 is 0 Å². The van der Waals surface area contributed by atoms with Gasteiger partial charge in [-0.2, -0.15) is 0 Å². The maximum atomic E-state index is 13.3. The Hall–Kier alpha value is -3.26. The topological polar surface area (TPSA) is 74.9 Å². The van der Waals surface area contributed by atoms with Crippen LogP contribution in [-0.4, -0.2) is 84.6 Å². The van der Waals surface area contributed by atoms with Gasteiger partial charge in [0.1, 0.15) is 11.2 Å². The number of primary amides is 1. The third-order valence-corrected chi connectivity index (χ3v) is 11.1. The Morgan fingerprint density at radius 1 is 0.854 bits per heavy atom. The van der Waals surface area contributed by atoms with E-state index in [1.165, 1.54) is 69.9 Å². The number of carbonyl (C=O) groups is 1. The van der Waals surface area contributed by atoms with Crippen LogP contribution in [0.1, 0.15) is 87.8 Å². The number of hydrogen-bond donors (Lipinski definition) is 1. The van der Waals surface area contributed by atoms with Gasteiger partial charge in [-0.25, -0.2) is 0 Å². The lowest BCUT2D eigenvalue weighted by Crippen LogP contribution is -2.49. The number of piperidine rings is 1. The number of carbonyl (C=O) groups excluding carboxylic acids is 1. The average molecular weight is 654 g/mol. The van der Waals surface area contributed by atoms with Crippen molar-refractivity contribution in [1.82, 2.24) is 19.7 Å². The zero-order valence-electron chi connectivity index (χ0n) is 29.6. The van der Waals surface area contributed by atoms with E-state index in [0.717, 1.165) is 69.1 Å². The molecule has 0 radical (unpaired) electrons. The minimum Gasteiger partial charge on any atom is -0.496 e. The Morgan fingerprint density at radius 2 is 1.46 bits per heavy atom. The van der Waals surface area contributed by atoms with E-state index in [2.05, 4.69) is 50.9 Å². The summed E-state index contributed by atoms with van der Waals surface area (Å²) in [5.74, 6) is 0.877. The van der Waals surface area contributed by atoms with Crippen LogP contribution in [0.25, 0.3) is 0 Å². The van der Waals surface area contributed by atoms with Gasteiger partial charge in [-0.15, -0.1) is 0 Å². The number of rotatable bonds is 19. The molecule has 1 atom stereocenters. The summed E-state index contributed by atoms with van der Waals surface area (Å²) >= 11 is 0. The van der Waals surface area contributed by atoms with Crippen LogP contribution in [-0.2, 0) is 16.8 Å². The van der Waals surface area contributed by atoms with E-state index >= 15 is 0 Å². The van der Waals surface area contributed by atoms with Gasteiger partial charge in [0.2, 0.25) is 5.91 Å². The van der Waals surface area contributed by atoms with Gasteiger partial charge in [-0.05, 0) is 94.5 Å². The number of benzene rings is 2. The molecule has 2 fully saturated rings. The molecule has 3 aromatic rings. The van der Waals surface area contributed by atoms with Crippen LogP contribution in [0.4, 0.5) is 0 Å². The number of methoxy groups -OCH3 is 1. The lowest BCUT2D eigenvalue weighted by molar-refractivity contribution is -0.123. The molecule has 1 aromatic heterocycles. The Bertz CT molecular complexity index is 1320. The Morgan fingerprint density at radius 3 is 2.06 bits per heavy atom. The van der Waals surface area contributed by atoms with Crippen LogP contribution in [0.2, 0.25) is 0 Å². The molecule has 260 valence electrons. The van der Waals surface area contributed by atoms with Crippen molar-refractivity contribution in [2.75, 3.05) is 52.9 Å². The smallest absolute Gasteiger partial charge is 0.232 e. The van der Waals surface area contributed by atoms with E-state index in [0.29, 0.717) is 6.04 Å². The minimum atomic E-state index is -0.795. The molecule has 5 rings (SSSR count). The summed E-state index contributed by atoms with van der Waals surface area (Å²) in [6.45, 7) is 11.0. The molecule has 0 bridgehead atoms. The molecule has 2 saturated heterocycles. The van der Waals surface area contributed by atoms with Crippen molar-refractivity contribution in [3.63, 3.8) is 0 Å². The Balaban J connectivity index is 0.964. The zero-order valence-corrected chi connectivity index (χ0v) is 29.6. The number of amides is 1. The largest absolute Gasteiger partial charge is 0.496 e. The standard InChI is InChI=1S/C41H59N5O2/c1-3-46(38-23-29-45(30-24-38)32-34-31-43-25-21-39(34)48-2)27-16-8-6-4-5-7-15-26-44-28-22-37(33-44)41(40(42)47,35-17-11-9-12-18-35)36-19-13-10-14-20-36/h9-14,17-21,25,31,37-38H,3-8,15-16,22-24,26-30,32-33H2,1-2H3,(H2,42,47)/t37-/m1/s1. The van der Waals surface area contributed by atoms with Crippen molar-refractivity contribution < 1.29 is 9.53 Å². The molecule has 1 amide bonds. The highest BCUT2D eigenvalue weighted by Gasteiger charge is 2.49.